The minimum atomic E-state index is -0.981. The van der Waals surface area contributed by atoms with Crippen LogP contribution in [0.4, 0.5) is 0 Å². The Bertz CT molecular complexity index is 403. The van der Waals surface area contributed by atoms with Crippen molar-refractivity contribution in [2.75, 3.05) is 0 Å². The third-order valence-corrected chi connectivity index (χ3v) is 2.88. The lowest BCUT2D eigenvalue weighted by Gasteiger charge is -2.17. The Kier molecular flexibility index (Phi) is 5.36. The van der Waals surface area contributed by atoms with Gasteiger partial charge in [-0.3, -0.25) is 4.79 Å². The average molecular weight is 249 g/mol. The molecule has 0 spiro atoms. The molecule has 4 nitrogen and oxygen atoms in total. The second kappa shape index (κ2) is 6.79. The van der Waals surface area contributed by atoms with E-state index in [4.69, 9.17) is 5.11 Å². The van der Waals surface area contributed by atoms with E-state index in [2.05, 4.69) is 5.32 Å². The van der Waals surface area contributed by atoms with E-state index in [-0.39, 0.29) is 11.8 Å². The third kappa shape index (κ3) is 3.87. The summed E-state index contributed by atoms with van der Waals surface area (Å²) >= 11 is 0. The Morgan fingerprint density at radius 3 is 2.39 bits per heavy atom. The quantitative estimate of drug-likeness (QED) is 0.812. The first-order valence-electron chi connectivity index (χ1n) is 6.14. The molecule has 1 aromatic carbocycles. The van der Waals surface area contributed by atoms with Gasteiger partial charge in [-0.15, -0.1) is 0 Å². The van der Waals surface area contributed by atoms with Crippen LogP contribution in [0.5, 0.6) is 0 Å². The van der Waals surface area contributed by atoms with Crippen LogP contribution in [0.3, 0.4) is 0 Å². The van der Waals surface area contributed by atoms with Crippen molar-refractivity contribution in [3.8, 4) is 0 Å². The molecule has 1 aromatic rings. The molecule has 0 radical (unpaired) electrons. The van der Waals surface area contributed by atoms with Gasteiger partial charge in [-0.1, -0.05) is 43.7 Å². The van der Waals surface area contributed by atoms with Crippen LogP contribution >= 0.6 is 0 Å². The topological polar surface area (TPSA) is 66.4 Å². The highest BCUT2D eigenvalue weighted by atomic mass is 16.4. The Balaban J connectivity index is 2.67. The molecule has 0 saturated carbocycles. The molecule has 1 rings (SSSR count). The molecule has 0 aromatic heterocycles. The second-order valence-corrected chi connectivity index (χ2v) is 4.32. The fourth-order valence-corrected chi connectivity index (χ4v) is 1.74. The molecule has 18 heavy (non-hydrogen) atoms. The van der Waals surface area contributed by atoms with E-state index in [1.54, 1.807) is 6.92 Å². The first kappa shape index (κ1) is 14.2. The van der Waals surface area contributed by atoms with Gasteiger partial charge in [0.15, 0.2) is 0 Å². The standard InChI is InChI=1S/C14H19NO3/c1-3-7-12(14(17)18)15-13(16)10(2)11-8-5-4-6-9-11/h4-6,8-10,12H,3,7H2,1-2H3,(H,15,16)(H,17,18). The van der Waals surface area contributed by atoms with Crippen molar-refractivity contribution in [2.45, 2.75) is 38.6 Å². The van der Waals surface area contributed by atoms with Crippen molar-refractivity contribution >= 4 is 11.9 Å². The normalized spacial score (nSPS) is 13.7. The van der Waals surface area contributed by atoms with Gasteiger partial charge in [0.1, 0.15) is 6.04 Å². The molecular weight excluding hydrogens is 230 g/mol. The highest BCUT2D eigenvalue weighted by molar-refractivity contribution is 5.87. The molecule has 0 aliphatic rings. The summed E-state index contributed by atoms with van der Waals surface area (Å²) in [6, 6.07) is 8.53. The smallest absolute Gasteiger partial charge is 0.326 e. The molecule has 1 amide bonds. The summed E-state index contributed by atoms with van der Waals surface area (Å²) in [5.74, 6) is -1.57. The SMILES string of the molecule is CCCC(NC(=O)C(C)c1ccccc1)C(=O)O. The van der Waals surface area contributed by atoms with Gasteiger partial charge in [0.05, 0.1) is 5.92 Å². The Hall–Kier alpha value is -1.84. The zero-order valence-corrected chi connectivity index (χ0v) is 10.7. The van der Waals surface area contributed by atoms with E-state index < -0.39 is 12.0 Å². The van der Waals surface area contributed by atoms with Crippen molar-refractivity contribution in [1.82, 2.24) is 5.32 Å². The van der Waals surface area contributed by atoms with Crippen LogP contribution in [0.25, 0.3) is 0 Å². The number of benzene rings is 1. The van der Waals surface area contributed by atoms with Crippen LogP contribution in [0.15, 0.2) is 30.3 Å². The first-order chi connectivity index (χ1) is 8.56. The summed E-state index contributed by atoms with van der Waals surface area (Å²) in [5.41, 5.74) is 0.885. The molecule has 0 aliphatic heterocycles. The number of rotatable bonds is 6. The number of aliphatic carboxylic acids is 1. The van der Waals surface area contributed by atoms with Crippen molar-refractivity contribution in [1.29, 1.82) is 0 Å². The zero-order chi connectivity index (χ0) is 13.5. The Morgan fingerprint density at radius 1 is 1.28 bits per heavy atom. The molecule has 4 heteroatoms. The summed E-state index contributed by atoms with van der Waals surface area (Å²) in [6.07, 6.45) is 1.17. The first-order valence-corrected chi connectivity index (χ1v) is 6.14. The minimum Gasteiger partial charge on any atom is -0.480 e. The fourth-order valence-electron chi connectivity index (χ4n) is 1.74. The van der Waals surface area contributed by atoms with Crippen molar-refractivity contribution < 1.29 is 14.7 Å². The van der Waals surface area contributed by atoms with Crippen LogP contribution in [0, 0.1) is 0 Å². The Labute approximate surface area is 107 Å². The van der Waals surface area contributed by atoms with Gasteiger partial charge in [-0.2, -0.15) is 0 Å². The molecule has 2 unspecified atom stereocenters. The van der Waals surface area contributed by atoms with Gasteiger partial charge in [-0.25, -0.2) is 4.79 Å². The molecule has 0 fully saturated rings. The number of hydrogen-bond acceptors (Lipinski definition) is 2. The lowest BCUT2D eigenvalue weighted by atomic mass is 10.00. The molecular formula is C14H19NO3. The van der Waals surface area contributed by atoms with Gasteiger partial charge in [0, 0.05) is 0 Å². The summed E-state index contributed by atoms with van der Waals surface area (Å²) in [7, 11) is 0. The predicted molar refractivity (Wildman–Crippen MR) is 69.3 cm³/mol. The second-order valence-electron chi connectivity index (χ2n) is 4.32. The maximum atomic E-state index is 12.0. The number of nitrogens with one attached hydrogen (secondary N) is 1. The summed E-state index contributed by atoms with van der Waals surface area (Å²) in [5, 5.41) is 11.6. The van der Waals surface area contributed by atoms with Crippen molar-refractivity contribution in [3.05, 3.63) is 35.9 Å². The number of carboxylic acids is 1. The predicted octanol–water partition coefficient (Wildman–Crippen LogP) is 2.16. The lowest BCUT2D eigenvalue weighted by molar-refractivity contribution is -0.142. The van der Waals surface area contributed by atoms with E-state index in [1.165, 1.54) is 0 Å². The average Bonchev–Trinajstić information content (AvgIpc) is 2.38. The van der Waals surface area contributed by atoms with Crippen LogP contribution in [-0.2, 0) is 9.59 Å². The van der Waals surface area contributed by atoms with Gasteiger partial charge < -0.3 is 10.4 Å². The van der Waals surface area contributed by atoms with E-state index in [1.807, 2.05) is 37.3 Å². The largest absolute Gasteiger partial charge is 0.480 e. The maximum absolute atomic E-state index is 12.0. The van der Waals surface area contributed by atoms with Crippen LogP contribution in [-0.4, -0.2) is 23.0 Å². The molecule has 0 bridgehead atoms. The molecule has 0 aliphatic carbocycles. The summed E-state index contributed by atoms with van der Waals surface area (Å²) in [6.45, 7) is 3.66. The number of carbonyl (C=O) groups is 2. The van der Waals surface area contributed by atoms with Gasteiger partial charge in [-0.05, 0) is 18.9 Å². The zero-order valence-electron chi connectivity index (χ0n) is 10.7. The fraction of sp³-hybridized carbons (Fsp3) is 0.429. The number of amides is 1. The highest BCUT2D eigenvalue weighted by Crippen LogP contribution is 2.15. The van der Waals surface area contributed by atoms with Gasteiger partial charge in [0.2, 0.25) is 5.91 Å². The maximum Gasteiger partial charge on any atom is 0.326 e. The summed E-state index contributed by atoms with van der Waals surface area (Å²) < 4.78 is 0. The molecule has 2 atom stereocenters. The van der Waals surface area contributed by atoms with Crippen LogP contribution in [0.2, 0.25) is 0 Å². The van der Waals surface area contributed by atoms with E-state index in [0.717, 1.165) is 12.0 Å². The minimum absolute atomic E-state index is 0.248. The van der Waals surface area contributed by atoms with E-state index >= 15 is 0 Å². The Morgan fingerprint density at radius 2 is 1.89 bits per heavy atom. The van der Waals surface area contributed by atoms with Gasteiger partial charge in [0.25, 0.3) is 0 Å². The third-order valence-electron chi connectivity index (χ3n) is 2.88. The number of carbonyl (C=O) groups excluding carboxylic acids is 1. The van der Waals surface area contributed by atoms with Crippen molar-refractivity contribution in [3.63, 3.8) is 0 Å². The molecule has 0 heterocycles. The van der Waals surface area contributed by atoms with E-state index in [0.29, 0.717) is 6.42 Å². The highest BCUT2D eigenvalue weighted by Gasteiger charge is 2.22. The van der Waals surface area contributed by atoms with Crippen LogP contribution in [0.1, 0.15) is 38.2 Å². The number of carboxylic acid groups (broad SMARTS) is 1. The van der Waals surface area contributed by atoms with Crippen LogP contribution < -0.4 is 5.32 Å². The monoisotopic (exact) mass is 249 g/mol. The number of hydrogen-bond donors (Lipinski definition) is 2. The molecule has 0 saturated heterocycles. The molecule has 2 N–H and O–H groups in total. The van der Waals surface area contributed by atoms with E-state index in [9.17, 15) is 9.59 Å². The summed E-state index contributed by atoms with van der Waals surface area (Å²) in [4.78, 5) is 22.9. The molecule has 98 valence electrons. The lowest BCUT2D eigenvalue weighted by Crippen LogP contribution is -2.42. The van der Waals surface area contributed by atoms with Gasteiger partial charge >= 0.3 is 5.97 Å². The van der Waals surface area contributed by atoms with Crippen molar-refractivity contribution in [2.24, 2.45) is 0 Å².